The number of ether oxygens (including phenoxy) is 1. The van der Waals surface area contributed by atoms with Gasteiger partial charge in [-0.25, -0.2) is 9.59 Å². The molecule has 0 aromatic carbocycles. The minimum Gasteiger partial charge on any atom is -0.478 e. The van der Waals surface area contributed by atoms with Crippen LogP contribution in [-0.4, -0.2) is 52.6 Å². The van der Waals surface area contributed by atoms with E-state index in [2.05, 4.69) is 10.3 Å². The first-order valence-corrected chi connectivity index (χ1v) is 9.41. The second kappa shape index (κ2) is 8.16. The fourth-order valence-corrected chi connectivity index (χ4v) is 2.55. The third-order valence-electron chi connectivity index (χ3n) is 4.75. The minimum absolute atomic E-state index is 0.0621. The van der Waals surface area contributed by atoms with Crippen LogP contribution in [-0.2, 0) is 14.0 Å². The molecule has 1 aliphatic rings. The number of carbonyl (C=O) groups is 2. The van der Waals surface area contributed by atoms with Crippen LogP contribution in [0.25, 0.3) is 6.08 Å². The van der Waals surface area contributed by atoms with E-state index < -0.39 is 36.0 Å². The van der Waals surface area contributed by atoms with Crippen LogP contribution >= 0.6 is 0 Å². The van der Waals surface area contributed by atoms with E-state index in [-0.39, 0.29) is 12.1 Å². The minimum atomic E-state index is -1.07. The Morgan fingerprint density at radius 1 is 1.21 bits per heavy atom. The molecule has 29 heavy (non-hydrogen) atoms. The SMILES string of the molecule is CC(C)(C)OC(=O)NCC(=Cc1cncc(C(=O)O)c1)B1OC(C)(C)C(C)(C)O1. The van der Waals surface area contributed by atoms with Gasteiger partial charge in [-0.3, -0.25) is 4.98 Å². The van der Waals surface area contributed by atoms with Crippen LogP contribution in [0.3, 0.4) is 0 Å². The molecular formula is C20H29BN2O6. The van der Waals surface area contributed by atoms with Gasteiger partial charge in [0.15, 0.2) is 0 Å². The average molecular weight is 404 g/mol. The molecule has 0 radical (unpaired) electrons. The summed E-state index contributed by atoms with van der Waals surface area (Å²) in [7, 11) is -0.719. The highest BCUT2D eigenvalue weighted by Gasteiger charge is 2.52. The Morgan fingerprint density at radius 3 is 2.31 bits per heavy atom. The van der Waals surface area contributed by atoms with E-state index in [1.54, 1.807) is 26.8 Å². The summed E-state index contributed by atoms with van der Waals surface area (Å²) < 4.78 is 17.5. The van der Waals surface area contributed by atoms with E-state index in [0.717, 1.165) is 0 Å². The van der Waals surface area contributed by atoms with E-state index in [4.69, 9.17) is 14.0 Å². The number of rotatable bonds is 5. The van der Waals surface area contributed by atoms with E-state index >= 15 is 0 Å². The Balaban J connectivity index is 2.30. The summed E-state index contributed by atoms with van der Waals surface area (Å²) in [5, 5.41) is 11.9. The number of nitrogens with zero attached hydrogens (tertiary/aromatic N) is 1. The molecule has 9 heteroatoms. The quantitative estimate of drug-likeness (QED) is 0.725. The zero-order valence-corrected chi connectivity index (χ0v) is 18.0. The lowest BCUT2D eigenvalue weighted by atomic mass is 9.77. The van der Waals surface area contributed by atoms with Gasteiger partial charge in [0.1, 0.15) is 5.60 Å². The summed E-state index contributed by atoms with van der Waals surface area (Å²) in [5.74, 6) is -1.07. The van der Waals surface area contributed by atoms with Gasteiger partial charge in [0, 0.05) is 18.9 Å². The van der Waals surface area contributed by atoms with Gasteiger partial charge in [0.05, 0.1) is 16.8 Å². The molecule has 0 atom stereocenters. The molecule has 2 rings (SSSR count). The molecule has 0 unspecified atom stereocenters. The average Bonchev–Trinajstić information content (AvgIpc) is 2.77. The molecule has 1 aliphatic heterocycles. The zero-order chi connectivity index (χ0) is 22.0. The van der Waals surface area contributed by atoms with Crippen molar-refractivity contribution in [3.8, 4) is 0 Å². The summed E-state index contributed by atoms with van der Waals surface area (Å²) in [6.45, 7) is 13.2. The van der Waals surface area contributed by atoms with Crippen molar-refractivity contribution in [1.29, 1.82) is 0 Å². The smallest absolute Gasteiger partial charge is 0.478 e. The monoisotopic (exact) mass is 404 g/mol. The maximum absolute atomic E-state index is 12.1. The number of aromatic carboxylic acids is 1. The Hall–Kier alpha value is -2.39. The molecule has 0 spiro atoms. The molecule has 8 nitrogen and oxygen atoms in total. The molecule has 1 aromatic heterocycles. The fraction of sp³-hybridized carbons (Fsp3) is 0.550. The number of carbonyl (C=O) groups excluding carboxylic acids is 1. The molecule has 1 fully saturated rings. The summed E-state index contributed by atoms with van der Waals surface area (Å²) in [4.78, 5) is 27.3. The maximum atomic E-state index is 12.1. The second-order valence-electron chi connectivity index (χ2n) is 8.98. The molecule has 1 saturated heterocycles. The number of pyridine rings is 1. The second-order valence-corrected chi connectivity index (χ2v) is 8.98. The maximum Gasteiger partial charge on any atom is 0.492 e. The van der Waals surface area contributed by atoms with Crippen molar-refractivity contribution in [3.63, 3.8) is 0 Å². The van der Waals surface area contributed by atoms with E-state index in [0.29, 0.717) is 11.0 Å². The molecule has 0 aliphatic carbocycles. The highest BCUT2D eigenvalue weighted by Crippen LogP contribution is 2.38. The van der Waals surface area contributed by atoms with Crippen LogP contribution in [0.5, 0.6) is 0 Å². The van der Waals surface area contributed by atoms with Gasteiger partial charge in [-0.05, 0) is 65.6 Å². The van der Waals surface area contributed by atoms with Crippen molar-refractivity contribution in [2.24, 2.45) is 0 Å². The lowest BCUT2D eigenvalue weighted by Crippen LogP contribution is -2.41. The van der Waals surface area contributed by atoms with Gasteiger partial charge in [0.25, 0.3) is 0 Å². The third kappa shape index (κ3) is 6.04. The molecule has 1 aromatic rings. The molecule has 158 valence electrons. The first-order chi connectivity index (χ1) is 13.2. The number of carboxylic acids is 1. The Morgan fingerprint density at radius 2 is 1.79 bits per heavy atom. The fourth-order valence-electron chi connectivity index (χ4n) is 2.55. The van der Waals surface area contributed by atoms with Crippen LogP contribution in [0.2, 0.25) is 0 Å². The first kappa shape index (κ1) is 22.9. The van der Waals surface area contributed by atoms with E-state index in [1.165, 1.54) is 18.5 Å². The van der Waals surface area contributed by atoms with Gasteiger partial charge in [-0.1, -0.05) is 6.08 Å². The van der Waals surface area contributed by atoms with E-state index in [1.807, 2.05) is 27.7 Å². The largest absolute Gasteiger partial charge is 0.492 e. The van der Waals surface area contributed by atoms with Crippen LogP contribution in [0.15, 0.2) is 23.9 Å². The lowest BCUT2D eigenvalue weighted by molar-refractivity contribution is 0.00578. The highest BCUT2D eigenvalue weighted by molar-refractivity contribution is 6.56. The Bertz CT molecular complexity index is 797. The van der Waals surface area contributed by atoms with Crippen LogP contribution in [0.1, 0.15) is 64.4 Å². The van der Waals surface area contributed by atoms with Crippen molar-refractivity contribution in [2.75, 3.05) is 6.54 Å². The molecule has 2 N–H and O–H groups in total. The summed E-state index contributed by atoms with van der Waals surface area (Å²) in [5.41, 5.74) is -0.530. The van der Waals surface area contributed by atoms with Crippen molar-refractivity contribution in [3.05, 3.63) is 35.1 Å². The normalized spacial score (nSPS) is 18.4. The van der Waals surface area contributed by atoms with Gasteiger partial charge in [-0.2, -0.15) is 0 Å². The summed E-state index contributed by atoms with van der Waals surface area (Å²) in [6, 6.07) is 1.49. The molecular weight excluding hydrogens is 375 g/mol. The van der Waals surface area contributed by atoms with Crippen molar-refractivity contribution >= 4 is 25.3 Å². The molecule has 0 bridgehead atoms. The van der Waals surface area contributed by atoms with Crippen LogP contribution in [0.4, 0.5) is 4.79 Å². The predicted octanol–water partition coefficient (Wildman–Crippen LogP) is 3.32. The topological polar surface area (TPSA) is 107 Å². The number of alkyl carbamates (subject to hydrolysis) is 1. The lowest BCUT2D eigenvalue weighted by Gasteiger charge is -2.32. The standard InChI is InChI=1S/C20H29BN2O6/c1-18(2,3)27-17(26)23-12-15(21-28-19(4,5)20(6,7)29-21)9-13-8-14(16(24)25)11-22-10-13/h8-11H,12H2,1-7H3,(H,23,26)(H,24,25). The summed E-state index contributed by atoms with van der Waals surface area (Å²) >= 11 is 0. The third-order valence-corrected chi connectivity index (χ3v) is 4.75. The number of amides is 1. The van der Waals surface area contributed by atoms with Gasteiger partial charge in [0.2, 0.25) is 0 Å². The van der Waals surface area contributed by atoms with Gasteiger partial charge < -0.3 is 24.5 Å². The van der Waals surface area contributed by atoms with Crippen molar-refractivity contribution in [1.82, 2.24) is 10.3 Å². The van der Waals surface area contributed by atoms with Gasteiger partial charge >= 0.3 is 19.2 Å². The molecule has 2 heterocycles. The number of aromatic nitrogens is 1. The number of carboxylic acid groups (broad SMARTS) is 1. The predicted molar refractivity (Wildman–Crippen MR) is 109 cm³/mol. The number of hydrogen-bond acceptors (Lipinski definition) is 6. The van der Waals surface area contributed by atoms with Crippen molar-refractivity contribution in [2.45, 2.75) is 65.3 Å². The Kier molecular flexibility index (Phi) is 6.44. The van der Waals surface area contributed by atoms with Gasteiger partial charge in [-0.15, -0.1) is 0 Å². The summed E-state index contributed by atoms with van der Waals surface area (Å²) in [6.07, 6.45) is 3.94. The van der Waals surface area contributed by atoms with Crippen LogP contribution in [0, 0.1) is 0 Å². The Labute approximate surface area is 171 Å². The van der Waals surface area contributed by atoms with E-state index in [9.17, 15) is 14.7 Å². The zero-order valence-electron chi connectivity index (χ0n) is 18.0. The number of hydrogen-bond donors (Lipinski definition) is 2. The number of nitrogens with one attached hydrogen (secondary N) is 1. The molecule has 0 saturated carbocycles. The van der Waals surface area contributed by atoms with Crippen LogP contribution < -0.4 is 5.32 Å². The highest BCUT2D eigenvalue weighted by atomic mass is 16.7. The van der Waals surface area contributed by atoms with Crippen molar-refractivity contribution < 1.29 is 28.7 Å². The molecule has 1 amide bonds. The first-order valence-electron chi connectivity index (χ1n) is 9.41.